The third kappa shape index (κ3) is 5.79. The maximum Gasteiger partial charge on any atom is 0.417 e. The van der Waals surface area contributed by atoms with Crippen molar-refractivity contribution in [2.24, 2.45) is 5.92 Å². The predicted octanol–water partition coefficient (Wildman–Crippen LogP) is 5.83. The third-order valence-corrected chi connectivity index (χ3v) is 6.91. The molecular weight excluding hydrogens is 532 g/mol. The second-order valence-corrected chi connectivity index (χ2v) is 10.5. The van der Waals surface area contributed by atoms with Crippen LogP contribution < -0.4 is 9.47 Å². The molecule has 0 bridgehead atoms. The first kappa shape index (κ1) is 27.6. The lowest BCUT2D eigenvalue weighted by atomic mass is 9.99. The number of carboxylic acid groups (broad SMARTS) is 1. The molecule has 0 saturated carbocycles. The lowest BCUT2D eigenvalue weighted by Gasteiger charge is -2.17. The van der Waals surface area contributed by atoms with E-state index in [1.54, 1.807) is 19.9 Å². The van der Waals surface area contributed by atoms with E-state index in [1.807, 2.05) is 0 Å². The van der Waals surface area contributed by atoms with Crippen LogP contribution >= 0.6 is 0 Å². The molecule has 2 aliphatic carbocycles. The van der Waals surface area contributed by atoms with Gasteiger partial charge in [0.25, 0.3) is 0 Å². The summed E-state index contributed by atoms with van der Waals surface area (Å²) in [4.78, 5) is 19.4. The van der Waals surface area contributed by atoms with E-state index in [0.717, 1.165) is 35.0 Å². The number of rotatable bonds is 10. The molecule has 0 saturated heterocycles. The Hall–Kier alpha value is -3.99. The van der Waals surface area contributed by atoms with Gasteiger partial charge < -0.3 is 19.7 Å². The smallest absolute Gasteiger partial charge is 0.417 e. The second kappa shape index (κ2) is 10.2. The van der Waals surface area contributed by atoms with Gasteiger partial charge in [-0.1, -0.05) is 6.07 Å². The van der Waals surface area contributed by atoms with Crippen LogP contribution in [0.25, 0.3) is 16.7 Å². The summed E-state index contributed by atoms with van der Waals surface area (Å²) in [6.07, 6.45) is -0.794. The lowest BCUT2D eigenvalue weighted by molar-refractivity contribution is -0.137. The highest BCUT2D eigenvalue weighted by atomic mass is 19.4. The van der Waals surface area contributed by atoms with Gasteiger partial charge in [-0.3, -0.25) is 0 Å². The largest absolute Gasteiger partial charge is 0.478 e. The quantitative estimate of drug-likeness (QED) is 0.238. The number of allylic oxidation sites excluding steroid dienone is 1. The van der Waals surface area contributed by atoms with Gasteiger partial charge in [0.1, 0.15) is 12.4 Å². The molecule has 1 atom stereocenters. The van der Waals surface area contributed by atoms with Crippen molar-refractivity contribution < 1.29 is 42.0 Å². The zero-order valence-corrected chi connectivity index (χ0v) is 21.7. The van der Waals surface area contributed by atoms with Crippen molar-refractivity contribution in [2.75, 3.05) is 6.61 Å². The number of aromatic nitrogens is 2. The van der Waals surface area contributed by atoms with Crippen LogP contribution in [0.2, 0.25) is 0 Å². The summed E-state index contributed by atoms with van der Waals surface area (Å²) in [5.74, 6) is -1.71. The van der Waals surface area contributed by atoms with Gasteiger partial charge in [0.15, 0.2) is 0 Å². The third-order valence-electron chi connectivity index (χ3n) is 6.91. The molecule has 3 aromatic rings. The van der Waals surface area contributed by atoms with Gasteiger partial charge >= 0.3 is 12.1 Å². The zero-order valence-electron chi connectivity index (χ0n) is 21.7. The summed E-state index contributed by atoms with van der Waals surface area (Å²) in [7, 11) is 0. The van der Waals surface area contributed by atoms with Crippen molar-refractivity contribution in [3.8, 4) is 22.9 Å². The Balaban J connectivity index is 1.32. The van der Waals surface area contributed by atoms with Crippen LogP contribution in [0.3, 0.4) is 0 Å². The molecule has 0 fully saturated rings. The Labute approximate surface area is 227 Å². The number of nitrogens with zero attached hydrogens (tertiary/aromatic N) is 2. The predicted molar refractivity (Wildman–Crippen MR) is 136 cm³/mol. The van der Waals surface area contributed by atoms with Gasteiger partial charge in [0.05, 0.1) is 17.8 Å². The number of carboxylic acids is 1. The maximum absolute atomic E-state index is 14.6. The minimum absolute atomic E-state index is 0.0265. The minimum atomic E-state index is -4.72. The van der Waals surface area contributed by atoms with E-state index in [4.69, 9.17) is 9.47 Å². The van der Waals surface area contributed by atoms with Gasteiger partial charge in [-0.05, 0) is 61.9 Å². The minimum Gasteiger partial charge on any atom is -0.478 e. The van der Waals surface area contributed by atoms with E-state index in [1.165, 1.54) is 18.3 Å². The SMILES string of the molecule is CC(C)(O)CCCOc1cc(C(F)(F)F)c(-c2ccc(F)c(COc3cc4c(cn3)C3=C(C(=O)O)[C@@H]3C4)c2)cn1. The number of fused-ring (bicyclic) bond motifs is 3. The van der Waals surface area contributed by atoms with Gasteiger partial charge in [0.2, 0.25) is 11.8 Å². The van der Waals surface area contributed by atoms with Crippen molar-refractivity contribution in [1.29, 1.82) is 0 Å². The molecule has 40 heavy (non-hydrogen) atoms. The van der Waals surface area contributed by atoms with Crippen LogP contribution in [0.4, 0.5) is 17.6 Å². The van der Waals surface area contributed by atoms with Crippen LogP contribution in [0, 0.1) is 11.7 Å². The van der Waals surface area contributed by atoms with E-state index in [0.29, 0.717) is 24.8 Å². The van der Waals surface area contributed by atoms with Crippen molar-refractivity contribution in [2.45, 2.75) is 51.5 Å². The van der Waals surface area contributed by atoms with Crippen LogP contribution in [0.15, 0.2) is 48.3 Å². The summed E-state index contributed by atoms with van der Waals surface area (Å²) < 4.78 is 67.5. The molecule has 5 rings (SSSR count). The Kier molecular flexibility index (Phi) is 7.03. The van der Waals surface area contributed by atoms with E-state index in [-0.39, 0.29) is 47.6 Å². The van der Waals surface area contributed by atoms with Gasteiger partial charge in [-0.2, -0.15) is 13.2 Å². The molecule has 0 aliphatic heterocycles. The number of pyridine rings is 2. The standard InChI is InChI=1S/C29H26F4N2O5/c1-28(2,38)6-3-7-39-24-11-21(29(31,32)33)19(12-34-24)15-4-5-22(30)17(8-15)14-40-23-10-16-9-18-25(20(16)13-35-23)26(18)27(36)37/h4-5,8,10-13,18,38H,3,6-7,9,14H2,1-2H3,(H,36,37)/t18-/m1/s1. The van der Waals surface area contributed by atoms with E-state index in [2.05, 4.69) is 9.97 Å². The van der Waals surface area contributed by atoms with E-state index < -0.39 is 29.1 Å². The summed E-state index contributed by atoms with van der Waals surface area (Å²) >= 11 is 0. The molecule has 0 spiro atoms. The number of aliphatic hydroxyl groups is 1. The molecule has 2 aliphatic rings. The molecular formula is C29H26F4N2O5. The van der Waals surface area contributed by atoms with Gasteiger partial charge in [0, 0.05) is 52.7 Å². The van der Waals surface area contributed by atoms with Crippen LogP contribution in [-0.4, -0.2) is 38.4 Å². The first-order chi connectivity index (χ1) is 18.8. The summed E-state index contributed by atoms with van der Waals surface area (Å²) in [6.45, 7) is 3.06. The average molecular weight is 559 g/mol. The molecule has 1 aromatic carbocycles. The molecule has 0 amide bonds. The highest BCUT2D eigenvalue weighted by Gasteiger charge is 2.47. The van der Waals surface area contributed by atoms with Crippen molar-refractivity contribution >= 4 is 11.5 Å². The number of hydrogen-bond acceptors (Lipinski definition) is 6. The molecule has 0 unspecified atom stereocenters. The molecule has 11 heteroatoms. The number of benzene rings is 1. The fraction of sp³-hybridized carbons (Fsp3) is 0.345. The van der Waals surface area contributed by atoms with Crippen LogP contribution in [0.1, 0.15) is 48.9 Å². The van der Waals surface area contributed by atoms with Gasteiger partial charge in [-0.25, -0.2) is 19.2 Å². The Morgan fingerprint density at radius 3 is 2.42 bits per heavy atom. The first-order valence-corrected chi connectivity index (χ1v) is 12.6. The average Bonchev–Trinajstić information content (AvgIpc) is 3.47. The molecule has 2 N–H and O–H groups in total. The fourth-order valence-corrected chi connectivity index (χ4v) is 4.92. The van der Waals surface area contributed by atoms with Gasteiger partial charge in [-0.15, -0.1) is 0 Å². The highest BCUT2D eigenvalue weighted by Crippen LogP contribution is 2.55. The topological polar surface area (TPSA) is 102 Å². The van der Waals surface area contributed by atoms with Crippen molar-refractivity contribution in [3.63, 3.8) is 0 Å². The van der Waals surface area contributed by atoms with E-state index in [9.17, 15) is 32.6 Å². The summed E-state index contributed by atoms with van der Waals surface area (Å²) in [5.41, 5.74) is 0.819. The first-order valence-electron chi connectivity index (χ1n) is 12.6. The maximum atomic E-state index is 14.6. The Bertz CT molecular complexity index is 1510. The monoisotopic (exact) mass is 558 g/mol. The fourth-order valence-electron chi connectivity index (χ4n) is 4.92. The Morgan fingerprint density at radius 1 is 1.05 bits per heavy atom. The number of ether oxygens (including phenoxy) is 2. The van der Waals surface area contributed by atoms with Crippen LogP contribution in [-0.2, 0) is 24.0 Å². The number of hydrogen-bond donors (Lipinski definition) is 2. The van der Waals surface area contributed by atoms with E-state index >= 15 is 0 Å². The number of alkyl halides is 3. The summed E-state index contributed by atoms with van der Waals surface area (Å²) in [6, 6.07) is 6.06. The number of carbonyl (C=O) groups is 1. The summed E-state index contributed by atoms with van der Waals surface area (Å²) in [5, 5.41) is 19.0. The normalized spacial score (nSPS) is 16.0. The van der Waals surface area contributed by atoms with Crippen molar-refractivity contribution in [3.05, 3.63) is 76.4 Å². The number of halogens is 4. The highest BCUT2D eigenvalue weighted by molar-refractivity contribution is 6.11. The van der Waals surface area contributed by atoms with Crippen LogP contribution in [0.5, 0.6) is 11.8 Å². The molecule has 2 heterocycles. The lowest BCUT2D eigenvalue weighted by Crippen LogP contribution is -2.19. The molecule has 210 valence electrons. The zero-order chi connectivity index (χ0) is 28.8. The molecule has 0 radical (unpaired) electrons. The van der Waals surface area contributed by atoms with Crippen molar-refractivity contribution in [1.82, 2.24) is 9.97 Å². The second-order valence-electron chi connectivity index (χ2n) is 10.5. The molecule has 7 nitrogen and oxygen atoms in total. The Morgan fingerprint density at radius 2 is 1.75 bits per heavy atom. The molecule has 2 aromatic heterocycles. The number of aliphatic carboxylic acids is 1.